The van der Waals surface area contributed by atoms with Crippen LogP contribution in [0.2, 0.25) is 0 Å². The van der Waals surface area contributed by atoms with Crippen molar-refractivity contribution in [1.82, 2.24) is 5.32 Å². The molecule has 0 aliphatic carbocycles. The van der Waals surface area contributed by atoms with Crippen molar-refractivity contribution in [3.05, 3.63) is 59.9 Å². The Bertz CT molecular complexity index is 699. The van der Waals surface area contributed by atoms with Crippen molar-refractivity contribution >= 4 is 11.6 Å². The van der Waals surface area contributed by atoms with Gasteiger partial charge in [0.25, 0.3) is 0 Å². The van der Waals surface area contributed by atoms with Crippen LogP contribution in [0.5, 0.6) is 5.75 Å². The highest BCUT2D eigenvalue weighted by Gasteiger charge is 2.28. The van der Waals surface area contributed by atoms with Crippen LogP contribution in [0.25, 0.3) is 0 Å². The van der Waals surface area contributed by atoms with Crippen LogP contribution in [0.15, 0.2) is 48.5 Å². The standard InChI is InChI=1S/C19H21FN2O2/c1-13(15-10-21-11-15)19(23)22-16-6-8-17(9-7-16)24-12-14-4-2-3-5-18(14)20/h2-9,13,15,21H,10-12H2,1H3,(H,22,23). The molecule has 3 rings (SSSR count). The smallest absolute Gasteiger partial charge is 0.227 e. The SMILES string of the molecule is CC(C(=O)Nc1ccc(OCc2ccccc2F)cc1)C1CNC1. The van der Waals surface area contributed by atoms with E-state index >= 15 is 0 Å². The first-order valence-electron chi connectivity index (χ1n) is 8.11. The van der Waals surface area contributed by atoms with Gasteiger partial charge in [0.2, 0.25) is 5.91 Å². The molecule has 1 atom stereocenters. The largest absolute Gasteiger partial charge is 0.489 e. The highest BCUT2D eigenvalue weighted by molar-refractivity contribution is 5.92. The van der Waals surface area contributed by atoms with Crippen LogP contribution in [-0.2, 0) is 11.4 Å². The fourth-order valence-electron chi connectivity index (χ4n) is 2.55. The summed E-state index contributed by atoms with van der Waals surface area (Å²) in [6.07, 6.45) is 0. The van der Waals surface area contributed by atoms with Gasteiger partial charge in [-0.3, -0.25) is 4.79 Å². The zero-order valence-corrected chi connectivity index (χ0v) is 13.6. The average Bonchev–Trinajstić information content (AvgIpc) is 2.54. The molecule has 0 saturated carbocycles. The highest BCUT2D eigenvalue weighted by atomic mass is 19.1. The van der Waals surface area contributed by atoms with Crippen molar-refractivity contribution in [3.8, 4) is 5.75 Å². The Balaban J connectivity index is 1.53. The van der Waals surface area contributed by atoms with E-state index in [0.29, 0.717) is 17.2 Å². The predicted octanol–water partition coefficient (Wildman–Crippen LogP) is 3.20. The van der Waals surface area contributed by atoms with Crippen molar-refractivity contribution in [1.29, 1.82) is 0 Å². The Morgan fingerprint density at radius 3 is 2.58 bits per heavy atom. The van der Waals surface area contributed by atoms with E-state index in [0.717, 1.165) is 18.8 Å². The summed E-state index contributed by atoms with van der Waals surface area (Å²) < 4.78 is 19.1. The van der Waals surface area contributed by atoms with Crippen molar-refractivity contribution in [2.75, 3.05) is 18.4 Å². The minimum absolute atomic E-state index is 0.0109. The van der Waals surface area contributed by atoms with Crippen LogP contribution in [0.4, 0.5) is 10.1 Å². The van der Waals surface area contributed by atoms with Gasteiger partial charge in [0.15, 0.2) is 0 Å². The third-order valence-electron chi connectivity index (χ3n) is 4.41. The predicted molar refractivity (Wildman–Crippen MR) is 91.3 cm³/mol. The van der Waals surface area contributed by atoms with Gasteiger partial charge in [0.1, 0.15) is 18.2 Å². The Labute approximate surface area is 141 Å². The summed E-state index contributed by atoms with van der Waals surface area (Å²) in [5, 5.41) is 6.10. The van der Waals surface area contributed by atoms with Crippen LogP contribution >= 0.6 is 0 Å². The Morgan fingerprint density at radius 1 is 1.25 bits per heavy atom. The summed E-state index contributed by atoms with van der Waals surface area (Å²) in [5.74, 6) is 0.784. The number of anilines is 1. The van der Waals surface area contributed by atoms with Crippen molar-refractivity contribution < 1.29 is 13.9 Å². The molecule has 0 bridgehead atoms. The molecule has 1 saturated heterocycles. The first kappa shape index (κ1) is 16.5. The summed E-state index contributed by atoms with van der Waals surface area (Å²) in [6.45, 7) is 3.92. The van der Waals surface area contributed by atoms with Gasteiger partial charge in [-0.25, -0.2) is 4.39 Å². The quantitative estimate of drug-likeness (QED) is 0.856. The average molecular weight is 328 g/mol. The molecule has 1 aliphatic heterocycles. The number of hydrogen-bond acceptors (Lipinski definition) is 3. The van der Waals surface area contributed by atoms with Gasteiger partial charge < -0.3 is 15.4 Å². The lowest BCUT2D eigenvalue weighted by Gasteiger charge is -2.31. The summed E-state index contributed by atoms with van der Waals surface area (Å²) in [7, 11) is 0. The Hall–Kier alpha value is -2.40. The topological polar surface area (TPSA) is 50.4 Å². The third kappa shape index (κ3) is 3.92. The number of carbonyl (C=O) groups is 1. The van der Waals surface area contributed by atoms with E-state index in [-0.39, 0.29) is 24.2 Å². The van der Waals surface area contributed by atoms with E-state index in [2.05, 4.69) is 10.6 Å². The normalized spacial score (nSPS) is 15.4. The number of benzene rings is 2. The maximum atomic E-state index is 13.5. The lowest BCUT2D eigenvalue weighted by atomic mass is 9.88. The van der Waals surface area contributed by atoms with Crippen LogP contribution < -0.4 is 15.4 Å². The van der Waals surface area contributed by atoms with Gasteiger partial charge >= 0.3 is 0 Å². The summed E-state index contributed by atoms with van der Waals surface area (Å²) in [6, 6.07) is 13.7. The first-order chi connectivity index (χ1) is 11.6. The minimum atomic E-state index is -0.277. The minimum Gasteiger partial charge on any atom is -0.489 e. The molecule has 1 heterocycles. The van der Waals surface area contributed by atoms with Gasteiger partial charge in [-0.1, -0.05) is 25.1 Å². The zero-order valence-electron chi connectivity index (χ0n) is 13.6. The molecular weight excluding hydrogens is 307 g/mol. The number of halogens is 1. The monoisotopic (exact) mass is 328 g/mol. The maximum Gasteiger partial charge on any atom is 0.227 e. The third-order valence-corrected chi connectivity index (χ3v) is 4.41. The molecule has 1 unspecified atom stereocenters. The molecule has 1 fully saturated rings. The van der Waals surface area contributed by atoms with Crippen LogP contribution in [0.1, 0.15) is 12.5 Å². The number of ether oxygens (including phenoxy) is 1. The molecule has 2 N–H and O–H groups in total. The summed E-state index contributed by atoms with van der Waals surface area (Å²) in [5.41, 5.74) is 1.25. The van der Waals surface area contributed by atoms with Crippen LogP contribution in [0.3, 0.4) is 0 Å². The van der Waals surface area contributed by atoms with Gasteiger partial charge in [-0.05, 0) is 49.3 Å². The number of hydrogen-bond donors (Lipinski definition) is 2. The van der Waals surface area contributed by atoms with E-state index in [1.807, 2.05) is 6.92 Å². The molecule has 2 aromatic carbocycles. The molecule has 0 spiro atoms. The second-order valence-corrected chi connectivity index (χ2v) is 6.10. The van der Waals surface area contributed by atoms with Gasteiger partial charge in [-0.2, -0.15) is 0 Å². The second kappa shape index (κ2) is 7.45. The van der Waals surface area contributed by atoms with E-state index in [4.69, 9.17) is 4.74 Å². The van der Waals surface area contributed by atoms with E-state index in [1.54, 1.807) is 42.5 Å². The van der Waals surface area contributed by atoms with Crippen molar-refractivity contribution in [2.24, 2.45) is 11.8 Å². The molecule has 0 radical (unpaired) electrons. The zero-order chi connectivity index (χ0) is 16.9. The number of carbonyl (C=O) groups excluding carboxylic acids is 1. The fraction of sp³-hybridized carbons (Fsp3) is 0.316. The Kier molecular flexibility index (Phi) is 5.11. The lowest BCUT2D eigenvalue weighted by Crippen LogP contribution is -2.48. The molecule has 1 aliphatic rings. The number of rotatable bonds is 6. The lowest BCUT2D eigenvalue weighted by molar-refractivity contribution is -0.121. The molecule has 4 nitrogen and oxygen atoms in total. The number of amides is 1. The summed E-state index contributed by atoms with van der Waals surface area (Å²) in [4.78, 5) is 12.2. The molecule has 126 valence electrons. The maximum absolute atomic E-state index is 13.5. The second-order valence-electron chi connectivity index (χ2n) is 6.10. The van der Waals surface area contributed by atoms with Crippen LogP contribution in [-0.4, -0.2) is 19.0 Å². The molecule has 0 aromatic heterocycles. The van der Waals surface area contributed by atoms with E-state index < -0.39 is 0 Å². The molecule has 2 aromatic rings. The summed E-state index contributed by atoms with van der Waals surface area (Å²) >= 11 is 0. The fourth-order valence-corrected chi connectivity index (χ4v) is 2.55. The van der Waals surface area contributed by atoms with Crippen molar-refractivity contribution in [3.63, 3.8) is 0 Å². The molecule has 5 heteroatoms. The van der Waals surface area contributed by atoms with Gasteiger partial charge in [-0.15, -0.1) is 0 Å². The first-order valence-corrected chi connectivity index (χ1v) is 8.11. The highest BCUT2D eigenvalue weighted by Crippen LogP contribution is 2.21. The van der Waals surface area contributed by atoms with Crippen LogP contribution in [0, 0.1) is 17.7 Å². The molecule has 1 amide bonds. The van der Waals surface area contributed by atoms with Gasteiger partial charge in [0, 0.05) is 17.2 Å². The molecule has 24 heavy (non-hydrogen) atoms. The Morgan fingerprint density at radius 2 is 1.96 bits per heavy atom. The molecular formula is C19H21FN2O2. The van der Waals surface area contributed by atoms with E-state index in [1.165, 1.54) is 6.07 Å². The van der Waals surface area contributed by atoms with Crippen molar-refractivity contribution in [2.45, 2.75) is 13.5 Å². The van der Waals surface area contributed by atoms with Gasteiger partial charge in [0.05, 0.1) is 0 Å². The van der Waals surface area contributed by atoms with E-state index in [9.17, 15) is 9.18 Å². The number of nitrogens with one attached hydrogen (secondary N) is 2.